The summed E-state index contributed by atoms with van der Waals surface area (Å²) in [4.78, 5) is 38.1. The average Bonchev–Trinajstić information content (AvgIpc) is 2.88. The fourth-order valence-electron chi connectivity index (χ4n) is 3.78. The predicted octanol–water partition coefficient (Wildman–Crippen LogP) is 5.52. The van der Waals surface area contributed by atoms with E-state index in [1.54, 1.807) is 13.0 Å². The van der Waals surface area contributed by atoms with Crippen LogP contribution in [0.2, 0.25) is 10.0 Å². The van der Waals surface area contributed by atoms with Gasteiger partial charge in [0.1, 0.15) is 11.7 Å². The lowest BCUT2D eigenvalue weighted by atomic mass is 9.78. The van der Waals surface area contributed by atoms with Gasteiger partial charge >= 0.3 is 12.1 Å². The molecule has 3 rings (SSSR count). The van der Waals surface area contributed by atoms with Crippen LogP contribution in [0.15, 0.2) is 47.0 Å². The second kappa shape index (κ2) is 12.6. The van der Waals surface area contributed by atoms with Crippen molar-refractivity contribution in [2.75, 3.05) is 24.8 Å². The van der Waals surface area contributed by atoms with E-state index in [1.807, 2.05) is 6.07 Å². The first-order valence-electron chi connectivity index (χ1n) is 11.2. The first kappa shape index (κ1) is 30.1. The van der Waals surface area contributed by atoms with Gasteiger partial charge in [0.2, 0.25) is 11.8 Å². The largest absolute Gasteiger partial charge is 0.492 e. The van der Waals surface area contributed by atoms with Crippen LogP contribution in [0.1, 0.15) is 24.0 Å². The van der Waals surface area contributed by atoms with Crippen LogP contribution >= 0.6 is 35.0 Å². The molecule has 39 heavy (non-hydrogen) atoms. The van der Waals surface area contributed by atoms with Crippen molar-refractivity contribution in [1.82, 2.24) is 5.32 Å². The highest BCUT2D eigenvalue weighted by Crippen LogP contribution is 2.42. The Labute approximate surface area is 235 Å². The number of nitrogens with one attached hydrogen (secondary N) is 2. The minimum absolute atomic E-state index is 0.0112. The number of hydrogen-bond donors (Lipinski definition) is 2. The number of amides is 2. The maximum Gasteiger partial charge on any atom is 0.416 e. The number of halogens is 5. The number of methoxy groups -OCH3 is 1. The SMILES string of the molecule is CCOc1ccc([C@@H]2C(C#N)=C(SCC(=O)Nc3cc(C(F)(F)F)ccc3Cl)NC(=O)[C@H]2C(=O)OC)cc1Cl. The molecule has 0 aromatic heterocycles. The van der Waals surface area contributed by atoms with Crippen molar-refractivity contribution in [2.24, 2.45) is 5.92 Å². The van der Waals surface area contributed by atoms with Crippen LogP contribution in [-0.2, 0) is 25.3 Å². The van der Waals surface area contributed by atoms with Gasteiger partial charge in [-0.25, -0.2) is 0 Å². The van der Waals surface area contributed by atoms with Gasteiger partial charge < -0.3 is 20.1 Å². The molecule has 0 radical (unpaired) electrons. The van der Waals surface area contributed by atoms with Crippen molar-refractivity contribution in [3.8, 4) is 11.8 Å². The van der Waals surface area contributed by atoms with Crippen LogP contribution in [0.4, 0.5) is 18.9 Å². The number of nitrogens with zero attached hydrogens (tertiary/aromatic N) is 1. The van der Waals surface area contributed by atoms with E-state index in [2.05, 4.69) is 10.6 Å². The summed E-state index contributed by atoms with van der Waals surface area (Å²) >= 11 is 13.0. The molecule has 0 bridgehead atoms. The molecule has 0 unspecified atom stereocenters. The number of allylic oxidation sites excluding steroid dienone is 1. The zero-order valence-electron chi connectivity index (χ0n) is 20.3. The summed E-state index contributed by atoms with van der Waals surface area (Å²) in [5, 5.41) is 14.8. The first-order chi connectivity index (χ1) is 18.4. The summed E-state index contributed by atoms with van der Waals surface area (Å²) in [6, 6.07) is 9.02. The number of benzene rings is 2. The molecule has 2 atom stereocenters. The van der Waals surface area contributed by atoms with Crippen molar-refractivity contribution >= 4 is 58.4 Å². The molecule has 0 saturated heterocycles. The fourth-order valence-corrected chi connectivity index (χ4v) is 5.04. The molecule has 0 spiro atoms. The summed E-state index contributed by atoms with van der Waals surface area (Å²) in [7, 11) is 1.10. The third-order valence-electron chi connectivity index (χ3n) is 5.51. The molecule has 206 valence electrons. The summed E-state index contributed by atoms with van der Waals surface area (Å²) in [5.74, 6) is -5.01. The van der Waals surface area contributed by atoms with E-state index in [4.69, 9.17) is 32.7 Å². The molecule has 8 nitrogen and oxygen atoms in total. The van der Waals surface area contributed by atoms with E-state index in [0.717, 1.165) is 31.0 Å². The van der Waals surface area contributed by atoms with Crippen LogP contribution in [0.5, 0.6) is 5.75 Å². The standard InChI is InChI=1S/C25H20Cl2F3N3O5S/c1-3-38-18-7-4-12(8-16(18)27)20-14(10-31)23(33-22(35)21(20)24(36)37-2)39-11-19(34)32-17-9-13(25(28,29)30)5-6-15(17)26/h4-9,20-21H,3,11H2,1-2H3,(H,32,34)(H,33,35)/t20-,21+/m1/s1. The molecule has 0 fully saturated rings. The monoisotopic (exact) mass is 601 g/mol. The van der Waals surface area contributed by atoms with Gasteiger partial charge in [-0.2, -0.15) is 18.4 Å². The Balaban J connectivity index is 1.92. The van der Waals surface area contributed by atoms with Gasteiger partial charge in [0.05, 0.1) is 57.4 Å². The van der Waals surface area contributed by atoms with Crippen LogP contribution in [0.25, 0.3) is 0 Å². The Morgan fingerprint density at radius 3 is 2.49 bits per heavy atom. The number of thioether (sulfide) groups is 1. The summed E-state index contributed by atoms with van der Waals surface area (Å²) in [6.07, 6.45) is -4.65. The van der Waals surface area contributed by atoms with E-state index in [9.17, 15) is 32.8 Å². The van der Waals surface area contributed by atoms with E-state index in [-0.39, 0.29) is 26.3 Å². The van der Waals surface area contributed by atoms with Crippen molar-refractivity contribution < 1.29 is 37.0 Å². The second-order valence-corrected chi connectivity index (χ2v) is 9.77. The normalized spacial score (nSPS) is 17.2. The number of ether oxygens (including phenoxy) is 2. The lowest BCUT2D eigenvalue weighted by Crippen LogP contribution is -2.44. The second-order valence-electron chi connectivity index (χ2n) is 7.97. The van der Waals surface area contributed by atoms with Crippen molar-refractivity contribution in [2.45, 2.75) is 19.0 Å². The third kappa shape index (κ3) is 6.98. The maximum absolute atomic E-state index is 13.0. The van der Waals surface area contributed by atoms with Crippen LogP contribution in [-0.4, -0.2) is 37.3 Å². The number of alkyl halides is 3. The lowest BCUT2D eigenvalue weighted by molar-refractivity contribution is -0.150. The van der Waals surface area contributed by atoms with E-state index in [0.29, 0.717) is 24.0 Å². The Morgan fingerprint density at radius 1 is 1.18 bits per heavy atom. The van der Waals surface area contributed by atoms with Gasteiger partial charge in [-0.15, -0.1) is 0 Å². The molecule has 2 aromatic rings. The van der Waals surface area contributed by atoms with Crippen LogP contribution in [0, 0.1) is 17.2 Å². The maximum atomic E-state index is 13.0. The van der Waals surface area contributed by atoms with Gasteiger partial charge in [0.25, 0.3) is 0 Å². The molecule has 14 heteroatoms. The molecule has 0 saturated carbocycles. The molecule has 1 heterocycles. The molecule has 1 aliphatic heterocycles. The summed E-state index contributed by atoms with van der Waals surface area (Å²) in [5.41, 5.74) is -0.954. The van der Waals surface area contributed by atoms with Crippen LogP contribution < -0.4 is 15.4 Å². The molecular weight excluding hydrogens is 582 g/mol. The molecule has 1 aliphatic rings. The topological polar surface area (TPSA) is 118 Å². The minimum Gasteiger partial charge on any atom is -0.492 e. The highest BCUT2D eigenvalue weighted by molar-refractivity contribution is 8.03. The Kier molecular flexibility index (Phi) is 9.77. The Morgan fingerprint density at radius 2 is 1.90 bits per heavy atom. The quantitative estimate of drug-likeness (QED) is 0.302. The number of esters is 1. The van der Waals surface area contributed by atoms with Gasteiger partial charge in [0, 0.05) is 5.92 Å². The average molecular weight is 602 g/mol. The third-order valence-corrected chi connectivity index (χ3v) is 7.16. The summed E-state index contributed by atoms with van der Waals surface area (Å²) in [6.45, 7) is 2.10. The number of anilines is 1. The number of carbonyl (C=O) groups excluding carboxylic acids is 3. The van der Waals surface area contributed by atoms with Gasteiger partial charge in [-0.3, -0.25) is 14.4 Å². The van der Waals surface area contributed by atoms with Crippen molar-refractivity contribution in [3.05, 3.63) is 68.2 Å². The zero-order valence-corrected chi connectivity index (χ0v) is 22.6. The zero-order chi connectivity index (χ0) is 28.9. The number of carbonyl (C=O) groups is 3. The smallest absolute Gasteiger partial charge is 0.416 e. The Hall–Kier alpha value is -3.40. The van der Waals surface area contributed by atoms with E-state index in [1.165, 1.54) is 12.1 Å². The van der Waals surface area contributed by atoms with Crippen molar-refractivity contribution in [1.29, 1.82) is 5.26 Å². The van der Waals surface area contributed by atoms with Gasteiger partial charge in [0.15, 0.2) is 0 Å². The number of rotatable bonds is 8. The van der Waals surface area contributed by atoms with Crippen LogP contribution in [0.3, 0.4) is 0 Å². The molecule has 2 amide bonds. The van der Waals surface area contributed by atoms with E-state index >= 15 is 0 Å². The predicted molar refractivity (Wildman–Crippen MR) is 139 cm³/mol. The molecule has 2 aromatic carbocycles. The van der Waals surface area contributed by atoms with Crippen molar-refractivity contribution in [3.63, 3.8) is 0 Å². The minimum atomic E-state index is -4.65. The van der Waals surface area contributed by atoms with Gasteiger partial charge in [-0.1, -0.05) is 41.0 Å². The van der Waals surface area contributed by atoms with Gasteiger partial charge in [-0.05, 0) is 42.8 Å². The Bertz CT molecular complexity index is 1380. The molecule has 0 aliphatic carbocycles. The summed E-state index contributed by atoms with van der Waals surface area (Å²) < 4.78 is 49.3. The number of nitriles is 1. The highest BCUT2D eigenvalue weighted by atomic mass is 35.5. The first-order valence-corrected chi connectivity index (χ1v) is 12.9. The van der Waals surface area contributed by atoms with E-state index < -0.39 is 47.1 Å². The fraction of sp³-hybridized carbons (Fsp3) is 0.280. The molecular formula is C25H20Cl2F3N3O5S. The molecule has 2 N–H and O–H groups in total. The lowest BCUT2D eigenvalue weighted by Gasteiger charge is -2.31. The number of hydrogen-bond acceptors (Lipinski definition) is 7. The highest BCUT2D eigenvalue weighted by Gasteiger charge is 2.44.